The Balaban J connectivity index is 2.11. The number of hydrogen-bond acceptors (Lipinski definition) is 3. The zero-order chi connectivity index (χ0) is 12.1. The quantitative estimate of drug-likeness (QED) is 0.842. The fourth-order valence-corrected chi connectivity index (χ4v) is 1.98. The minimum absolute atomic E-state index is 0.481. The number of benzene rings is 1. The van der Waals surface area contributed by atoms with Crippen LogP contribution in [0.5, 0.6) is 11.5 Å². The van der Waals surface area contributed by atoms with Crippen LogP contribution in [0.25, 0.3) is 0 Å². The highest BCUT2D eigenvalue weighted by atomic mass is 35.5. The van der Waals surface area contributed by atoms with Gasteiger partial charge in [0.25, 0.3) is 0 Å². The van der Waals surface area contributed by atoms with E-state index in [0.717, 1.165) is 29.9 Å². The van der Waals surface area contributed by atoms with E-state index in [1.807, 2.05) is 18.2 Å². The molecule has 3 nitrogen and oxygen atoms in total. The molecular formula is C13H17ClO3. The van der Waals surface area contributed by atoms with Crippen molar-refractivity contribution in [3.05, 3.63) is 23.8 Å². The van der Waals surface area contributed by atoms with Gasteiger partial charge in [-0.15, -0.1) is 11.6 Å². The van der Waals surface area contributed by atoms with Gasteiger partial charge in [0.2, 0.25) is 0 Å². The van der Waals surface area contributed by atoms with Crippen molar-refractivity contribution in [2.45, 2.75) is 25.4 Å². The molecule has 0 saturated carbocycles. The zero-order valence-corrected chi connectivity index (χ0v) is 10.4. The Kier molecular flexibility index (Phi) is 4.51. The molecule has 0 spiro atoms. The lowest BCUT2D eigenvalue weighted by Gasteiger charge is -2.13. The van der Waals surface area contributed by atoms with Crippen LogP contribution in [0.2, 0.25) is 0 Å². The van der Waals surface area contributed by atoms with Crippen molar-refractivity contribution in [1.29, 1.82) is 0 Å². The second-order valence-corrected chi connectivity index (χ2v) is 4.48. The molecule has 1 unspecified atom stereocenters. The van der Waals surface area contributed by atoms with E-state index in [1.165, 1.54) is 0 Å². The first-order valence-corrected chi connectivity index (χ1v) is 6.48. The van der Waals surface area contributed by atoms with Crippen molar-refractivity contribution >= 4 is 11.6 Å². The van der Waals surface area contributed by atoms with Crippen molar-refractivity contribution in [2.24, 2.45) is 0 Å². The minimum atomic E-state index is -0.481. The molecule has 0 fully saturated rings. The van der Waals surface area contributed by atoms with Gasteiger partial charge in [-0.1, -0.05) is 6.07 Å². The molecule has 0 aliphatic carbocycles. The van der Waals surface area contributed by atoms with Gasteiger partial charge in [-0.2, -0.15) is 0 Å². The standard InChI is InChI=1S/C13H17ClO3/c14-6-1-3-11(15)10-4-5-12-13(9-10)17-8-2-7-16-12/h4-5,9,11,15H,1-3,6-8H2. The lowest BCUT2D eigenvalue weighted by atomic mass is 10.0. The summed E-state index contributed by atoms with van der Waals surface area (Å²) in [5, 5.41) is 9.97. The van der Waals surface area contributed by atoms with E-state index in [0.29, 0.717) is 25.5 Å². The van der Waals surface area contributed by atoms with Gasteiger partial charge in [0.05, 0.1) is 19.3 Å². The smallest absolute Gasteiger partial charge is 0.161 e. The molecule has 1 aromatic rings. The van der Waals surface area contributed by atoms with Crippen LogP contribution in [0.3, 0.4) is 0 Å². The number of aliphatic hydroxyl groups is 1. The molecule has 94 valence electrons. The largest absolute Gasteiger partial charge is 0.490 e. The number of hydrogen-bond donors (Lipinski definition) is 1. The van der Waals surface area contributed by atoms with Crippen LogP contribution in [-0.2, 0) is 0 Å². The molecule has 2 rings (SSSR count). The van der Waals surface area contributed by atoms with Crippen molar-refractivity contribution in [3.63, 3.8) is 0 Å². The van der Waals surface area contributed by atoms with Gasteiger partial charge in [-0.05, 0) is 30.5 Å². The average molecular weight is 257 g/mol. The maximum atomic E-state index is 9.97. The normalized spacial score (nSPS) is 16.4. The first-order valence-electron chi connectivity index (χ1n) is 5.95. The molecule has 0 aromatic heterocycles. The monoisotopic (exact) mass is 256 g/mol. The SMILES string of the molecule is OC(CCCCl)c1ccc2c(c1)OCCCO2. The van der Waals surface area contributed by atoms with Crippen molar-refractivity contribution in [2.75, 3.05) is 19.1 Å². The van der Waals surface area contributed by atoms with Gasteiger partial charge in [-0.25, -0.2) is 0 Å². The molecule has 17 heavy (non-hydrogen) atoms. The molecule has 4 heteroatoms. The fraction of sp³-hybridized carbons (Fsp3) is 0.538. The molecule has 1 aromatic carbocycles. The topological polar surface area (TPSA) is 38.7 Å². The second kappa shape index (κ2) is 6.12. The molecule has 1 N–H and O–H groups in total. The predicted octanol–water partition coefficient (Wildman–Crippen LogP) is 2.90. The second-order valence-electron chi connectivity index (χ2n) is 4.10. The number of fused-ring (bicyclic) bond motifs is 1. The summed E-state index contributed by atoms with van der Waals surface area (Å²) in [6.45, 7) is 1.34. The summed E-state index contributed by atoms with van der Waals surface area (Å²) < 4.78 is 11.1. The highest BCUT2D eigenvalue weighted by Crippen LogP contribution is 2.33. The number of alkyl halides is 1. The van der Waals surface area contributed by atoms with Crippen molar-refractivity contribution in [3.8, 4) is 11.5 Å². The van der Waals surface area contributed by atoms with Gasteiger partial charge in [0.1, 0.15) is 0 Å². The maximum Gasteiger partial charge on any atom is 0.161 e. The molecule has 1 aliphatic rings. The van der Waals surface area contributed by atoms with E-state index >= 15 is 0 Å². The summed E-state index contributed by atoms with van der Waals surface area (Å²) in [7, 11) is 0. The molecule has 0 bridgehead atoms. The summed E-state index contributed by atoms with van der Waals surface area (Å²) in [5.74, 6) is 2.06. The van der Waals surface area contributed by atoms with E-state index < -0.39 is 6.10 Å². The lowest BCUT2D eigenvalue weighted by Crippen LogP contribution is -1.99. The van der Waals surface area contributed by atoms with E-state index in [4.69, 9.17) is 21.1 Å². The van der Waals surface area contributed by atoms with Gasteiger partial charge in [0, 0.05) is 12.3 Å². The molecular weight excluding hydrogens is 240 g/mol. The molecule has 1 heterocycles. The predicted molar refractivity (Wildman–Crippen MR) is 67.0 cm³/mol. The number of halogens is 1. The molecule has 1 aliphatic heterocycles. The van der Waals surface area contributed by atoms with Crippen LogP contribution >= 0.6 is 11.6 Å². The van der Waals surface area contributed by atoms with E-state index in [-0.39, 0.29) is 0 Å². The van der Waals surface area contributed by atoms with Crippen LogP contribution in [0, 0.1) is 0 Å². The summed E-state index contributed by atoms with van der Waals surface area (Å²) in [5.41, 5.74) is 0.861. The first-order chi connectivity index (χ1) is 8.31. The molecule has 1 atom stereocenters. The van der Waals surface area contributed by atoms with Crippen molar-refractivity contribution in [1.82, 2.24) is 0 Å². The number of aliphatic hydroxyl groups excluding tert-OH is 1. The maximum absolute atomic E-state index is 9.97. The van der Waals surface area contributed by atoms with Crippen LogP contribution in [0.4, 0.5) is 0 Å². The van der Waals surface area contributed by atoms with Crippen molar-refractivity contribution < 1.29 is 14.6 Å². The van der Waals surface area contributed by atoms with Crippen LogP contribution in [-0.4, -0.2) is 24.2 Å². The van der Waals surface area contributed by atoms with E-state index in [1.54, 1.807) is 0 Å². The number of ether oxygens (including phenoxy) is 2. The van der Waals surface area contributed by atoms with Gasteiger partial charge in [-0.3, -0.25) is 0 Å². The summed E-state index contributed by atoms with van der Waals surface area (Å²) in [6, 6.07) is 5.60. The first kappa shape index (κ1) is 12.5. The Morgan fingerprint density at radius 1 is 1.24 bits per heavy atom. The summed E-state index contributed by atoms with van der Waals surface area (Å²) >= 11 is 5.61. The highest BCUT2D eigenvalue weighted by molar-refractivity contribution is 6.17. The Morgan fingerprint density at radius 2 is 2.00 bits per heavy atom. The Hall–Kier alpha value is -0.930. The molecule has 0 saturated heterocycles. The Labute approximate surface area is 106 Å². The van der Waals surface area contributed by atoms with Crippen LogP contribution in [0.15, 0.2) is 18.2 Å². The van der Waals surface area contributed by atoms with Gasteiger partial charge >= 0.3 is 0 Å². The third-order valence-corrected chi connectivity index (χ3v) is 3.03. The molecule has 0 amide bonds. The Bertz CT molecular complexity index is 368. The zero-order valence-electron chi connectivity index (χ0n) is 9.69. The lowest BCUT2D eigenvalue weighted by molar-refractivity contribution is 0.166. The third-order valence-electron chi connectivity index (χ3n) is 2.77. The summed E-state index contributed by atoms with van der Waals surface area (Å²) in [6.07, 6.45) is 1.88. The van der Waals surface area contributed by atoms with Gasteiger partial charge < -0.3 is 14.6 Å². The number of rotatable bonds is 4. The third kappa shape index (κ3) is 3.27. The van der Waals surface area contributed by atoms with Crippen LogP contribution < -0.4 is 9.47 Å². The molecule has 0 radical (unpaired) electrons. The minimum Gasteiger partial charge on any atom is -0.490 e. The van der Waals surface area contributed by atoms with E-state index in [2.05, 4.69) is 0 Å². The van der Waals surface area contributed by atoms with Gasteiger partial charge in [0.15, 0.2) is 11.5 Å². The Morgan fingerprint density at radius 3 is 2.76 bits per heavy atom. The highest BCUT2D eigenvalue weighted by Gasteiger charge is 2.14. The van der Waals surface area contributed by atoms with E-state index in [9.17, 15) is 5.11 Å². The van der Waals surface area contributed by atoms with Crippen LogP contribution in [0.1, 0.15) is 30.9 Å². The summed E-state index contributed by atoms with van der Waals surface area (Å²) in [4.78, 5) is 0. The average Bonchev–Trinajstić information content (AvgIpc) is 2.60. The fourth-order valence-electron chi connectivity index (χ4n) is 1.82.